The molecule has 2 N–H and O–H groups in total. The number of thiophene rings is 1. The van der Waals surface area contributed by atoms with Crippen LogP contribution in [0.3, 0.4) is 0 Å². The minimum absolute atomic E-state index is 0.186. The van der Waals surface area contributed by atoms with Gasteiger partial charge in [-0.2, -0.15) is 0 Å². The summed E-state index contributed by atoms with van der Waals surface area (Å²) < 4.78 is 1.00. The predicted octanol–water partition coefficient (Wildman–Crippen LogP) is 4.14. The summed E-state index contributed by atoms with van der Waals surface area (Å²) in [6, 6.07) is 9.53. The lowest BCUT2D eigenvalue weighted by Crippen LogP contribution is -2.28. The molecule has 0 unspecified atom stereocenters. The zero-order valence-corrected chi connectivity index (χ0v) is 12.3. The van der Waals surface area contributed by atoms with Crippen molar-refractivity contribution in [2.75, 3.05) is 5.32 Å². The van der Waals surface area contributed by atoms with Gasteiger partial charge in [-0.05, 0) is 42.1 Å². The third-order valence-electron chi connectivity index (χ3n) is 2.44. The van der Waals surface area contributed by atoms with Gasteiger partial charge in [0.1, 0.15) is 0 Å². The van der Waals surface area contributed by atoms with Gasteiger partial charge in [0.15, 0.2) is 0 Å². The topological polar surface area (TPSA) is 41.1 Å². The fraction of sp³-hybridized carbons (Fsp3) is 0.154. The van der Waals surface area contributed by atoms with Crippen LogP contribution >= 0.6 is 27.3 Å². The summed E-state index contributed by atoms with van der Waals surface area (Å²) in [5.74, 6) is 0. The van der Waals surface area contributed by atoms with E-state index in [-0.39, 0.29) is 6.03 Å². The zero-order chi connectivity index (χ0) is 13.0. The van der Waals surface area contributed by atoms with Crippen molar-refractivity contribution in [3.63, 3.8) is 0 Å². The number of urea groups is 1. The lowest BCUT2D eigenvalue weighted by molar-refractivity contribution is 0.252. The predicted molar refractivity (Wildman–Crippen MR) is 79.1 cm³/mol. The molecule has 0 radical (unpaired) electrons. The molecule has 5 heteroatoms. The highest BCUT2D eigenvalue weighted by atomic mass is 79.9. The first-order chi connectivity index (χ1) is 8.65. The first-order valence-corrected chi connectivity index (χ1v) is 7.16. The van der Waals surface area contributed by atoms with E-state index < -0.39 is 0 Å². The van der Waals surface area contributed by atoms with Crippen LogP contribution in [-0.2, 0) is 6.54 Å². The van der Waals surface area contributed by atoms with Crippen LogP contribution in [-0.4, -0.2) is 6.03 Å². The second kappa shape index (κ2) is 6.02. The highest BCUT2D eigenvalue weighted by Crippen LogP contribution is 2.19. The van der Waals surface area contributed by atoms with Crippen LogP contribution in [0.5, 0.6) is 0 Å². The van der Waals surface area contributed by atoms with Crippen molar-refractivity contribution < 1.29 is 4.79 Å². The molecule has 18 heavy (non-hydrogen) atoms. The molecule has 2 rings (SSSR count). The van der Waals surface area contributed by atoms with Crippen LogP contribution in [0.2, 0.25) is 0 Å². The second-order valence-electron chi connectivity index (χ2n) is 3.85. The molecule has 1 heterocycles. The van der Waals surface area contributed by atoms with Gasteiger partial charge in [-0.15, -0.1) is 11.3 Å². The minimum Gasteiger partial charge on any atom is -0.333 e. The van der Waals surface area contributed by atoms with Crippen LogP contribution < -0.4 is 10.6 Å². The standard InChI is InChI=1S/C13H13BrN2OS/c1-9-7-10(14)4-5-12(9)16-13(17)15-8-11-3-2-6-18-11/h2-7H,8H2,1H3,(H2,15,16,17). The fourth-order valence-corrected chi connectivity index (χ4v) is 2.63. The number of benzene rings is 1. The summed E-state index contributed by atoms with van der Waals surface area (Å²) >= 11 is 5.02. The third-order valence-corrected chi connectivity index (χ3v) is 3.81. The number of anilines is 1. The van der Waals surface area contributed by atoms with Crippen molar-refractivity contribution in [2.45, 2.75) is 13.5 Å². The Labute approximate surface area is 118 Å². The lowest BCUT2D eigenvalue weighted by atomic mass is 10.2. The lowest BCUT2D eigenvalue weighted by Gasteiger charge is -2.09. The van der Waals surface area contributed by atoms with Gasteiger partial charge in [0.2, 0.25) is 0 Å². The Morgan fingerprint density at radius 3 is 2.89 bits per heavy atom. The number of hydrogen-bond donors (Lipinski definition) is 2. The Bertz CT molecular complexity index is 540. The highest BCUT2D eigenvalue weighted by Gasteiger charge is 2.04. The number of carbonyl (C=O) groups excluding carboxylic acids is 1. The summed E-state index contributed by atoms with van der Waals surface area (Å²) in [6.07, 6.45) is 0. The SMILES string of the molecule is Cc1cc(Br)ccc1NC(=O)NCc1cccs1. The van der Waals surface area contributed by atoms with Crippen molar-refractivity contribution >= 4 is 39.0 Å². The molecule has 0 bridgehead atoms. The third kappa shape index (κ3) is 3.58. The number of carbonyl (C=O) groups is 1. The molecule has 1 aromatic carbocycles. The van der Waals surface area contributed by atoms with E-state index in [0.29, 0.717) is 6.54 Å². The van der Waals surface area contributed by atoms with E-state index >= 15 is 0 Å². The van der Waals surface area contributed by atoms with E-state index in [1.165, 1.54) is 0 Å². The highest BCUT2D eigenvalue weighted by molar-refractivity contribution is 9.10. The normalized spacial score (nSPS) is 10.1. The number of amides is 2. The molecule has 0 aliphatic carbocycles. The van der Waals surface area contributed by atoms with E-state index in [9.17, 15) is 4.79 Å². The molecule has 0 atom stereocenters. The smallest absolute Gasteiger partial charge is 0.319 e. The van der Waals surface area contributed by atoms with E-state index in [0.717, 1.165) is 20.6 Å². The molecular weight excluding hydrogens is 312 g/mol. The molecule has 2 aromatic rings. The maximum Gasteiger partial charge on any atom is 0.319 e. The van der Waals surface area contributed by atoms with E-state index in [1.807, 2.05) is 42.6 Å². The molecule has 0 aliphatic heterocycles. The molecule has 0 spiro atoms. The molecule has 0 saturated heterocycles. The van der Waals surface area contributed by atoms with Crippen molar-refractivity contribution in [1.29, 1.82) is 0 Å². The van der Waals surface area contributed by atoms with Gasteiger partial charge in [0, 0.05) is 15.0 Å². The van der Waals surface area contributed by atoms with E-state index in [4.69, 9.17) is 0 Å². The van der Waals surface area contributed by atoms with Crippen LogP contribution in [0.15, 0.2) is 40.2 Å². The van der Waals surface area contributed by atoms with Crippen molar-refractivity contribution in [1.82, 2.24) is 5.32 Å². The Balaban J connectivity index is 1.91. The molecule has 2 amide bonds. The van der Waals surface area contributed by atoms with Crippen LogP contribution in [0.25, 0.3) is 0 Å². The number of halogens is 1. The Morgan fingerprint density at radius 2 is 2.22 bits per heavy atom. The first-order valence-electron chi connectivity index (χ1n) is 5.48. The van der Waals surface area contributed by atoms with E-state index in [1.54, 1.807) is 11.3 Å². The Morgan fingerprint density at radius 1 is 1.39 bits per heavy atom. The largest absolute Gasteiger partial charge is 0.333 e. The quantitative estimate of drug-likeness (QED) is 0.875. The maximum atomic E-state index is 11.7. The summed E-state index contributed by atoms with van der Waals surface area (Å²) in [7, 11) is 0. The number of aryl methyl sites for hydroxylation is 1. The molecular formula is C13H13BrN2OS. The molecule has 0 saturated carbocycles. The van der Waals surface area contributed by atoms with Gasteiger partial charge in [0.25, 0.3) is 0 Å². The number of rotatable bonds is 3. The molecule has 0 fully saturated rings. The van der Waals surface area contributed by atoms with Crippen LogP contribution in [0.4, 0.5) is 10.5 Å². The molecule has 0 aliphatic rings. The van der Waals surface area contributed by atoms with Gasteiger partial charge in [-0.3, -0.25) is 0 Å². The van der Waals surface area contributed by atoms with Crippen molar-refractivity contribution in [2.24, 2.45) is 0 Å². The van der Waals surface area contributed by atoms with Gasteiger partial charge in [0.05, 0.1) is 6.54 Å². The van der Waals surface area contributed by atoms with Crippen LogP contribution in [0.1, 0.15) is 10.4 Å². The summed E-state index contributed by atoms with van der Waals surface area (Å²) in [6.45, 7) is 2.51. The number of nitrogens with one attached hydrogen (secondary N) is 2. The summed E-state index contributed by atoms with van der Waals surface area (Å²) in [5.41, 5.74) is 1.84. The van der Waals surface area contributed by atoms with Gasteiger partial charge >= 0.3 is 6.03 Å². The summed E-state index contributed by atoms with van der Waals surface area (Å²) in [5, 5.41) is 7.65. The Hall–Kier alpha value is -1.33. The van der Waals surface area contributed by atoms with Gasteiger partial charge in [-0.1, -0.05) is 22.0 Å². The molecule has 3 nitrogen and oxygen atoms in total. The van der Waals surface area contributed by atoms with Crippen molar-refractivity contribution in [3.8, 4) is 0 Å². The first kappa shape index (κ1) is 13.1. The van der Waals surface area contributed by atoms with E-state index in [2.05, 4.69) is 26.6 Å². The number of hydrogen-bond acceptors (Lipinski definition) is 2. The van der Waals surface area contributed by atoms with Gasteiger partial charge < -0.3 is 10.6 Å². The second-order valence-corrected chi connectivity index (χ2v) is 5.79. The summed E-state index contributed by atoms with van der Waals surface area (Å²) in [4.78, 5) is 12.9. The minimum atomic E-state index is -0.186. The Kier molecular flexibility index (Phi) is 4.38. The average Bonchev–Trinajstić information content (AvgIpc) is 2.83. The molecule has 1 aromatic heterocycles. The van der Waals surface area contributed by atoms with Gasteiger partial charge in [-0.25, -0.2) is 4.79 Å². The van der Waals surface area contributed by atoms with Crippen LogP contribution in [0, 0.1) is 6.92 Å². The fourth-order valence-electron chi connectivity index (χ4n) is 1.51. The van der Waals surface area contributed by atoms with Crippen molar-refractivity contribution in [3.05, 3.63) is 50.6 Å². The zero-order valence-electron chi connectivity index (χ0n) is 9.87. The average molecular weight is 325 g/mol. The maximum absolute atomic E-state index is 11.7. The molecule has 94 valence electrons. The monoisotopic (exact) mass is 324 g/mol.